The molecule has 0 radical (unpaired) electrons. The first kappa shape index (κ1) is 17.4. The van der Waals surface area contributed by atoms with E-state index in [9.17, 15) is 4.79 Å². The van der Waals surface area contributed by atoms with Gasteiger partial charge in [0.15, 0.2) is 0 Å². The summed E-state index contributed by atoms with van der Waals surface area (Å²) < 4.78 is 5.28. The average Bonchev–Trinajstić information content (AvgIpc) is 2.69. The number of carbonyl (C=O) groups is 1. The first-order chi connectivity index (χ1) is 9.67. The van der Waals surface area contributed by atoms with E-state index in [0.717, 1.165) is 58.7 Å². The van der Waals surface area contributed by atoms with Crippen molar-refractivity contribution in [2.24, 2.45) is 11.7 Å². The Morgan fingerprint density at radius 2 is 2.10 bits per heavy atom. The van der Waals surface area contributed by atoms with Crippen molar-refractivity contribution in [2.75, 3.05) is 52.5 Å². The van der Waals surface area contributed by atoms with Crippen LogP contribution in [0.15, 0.2) is 0 Å². The van der Waals surface area contributed by atoms with Crippen molar-refractivity contribution in [1.29, 1.82) is 0 Å². The van der Waals surface area contributed by atoms with Gasteiger partial charge in [-0.05, 0) is 38.8 Å². The molecule has 0 spiro atoms. The maximum atomic E-state index is 12.1. The zero-order chi connectivity index (χ0) is 14.8. The lowest BCUT2D eigenvalue weighted by molar-refractivity contribution is -0.131. The Kier molecular flexibility index (Phi) is 8.82. The lowest BCUT2D eigenvalue weighted by atomic mass is 10.1. The molecule has 0 aromatic rings. The second-order valence-electron chi connectivity index (χ2n) is 5.68. The van der Waals surface area contributed by atoms with Crippen LogP contribution in [-0.4, -0.2) is 68.2 Å². The molecule has 1 saturated heterocycles. The van der Waals surface area contributed by atoms with Gasteiger partial charge in [0.2, 0.25) is 5.91 Å². The van der Waals surface area contributed by atoms with E-state index in [1.807, 2.05) is 11.8 Å². The van der Waals surface area contributed by atoms with Crippen molar-refractivity contribution in [1.82, 2.24) is 9.80 Å². The van der Waals surface area contributed by atoms with Crippen LogP contribution in [0, 0.1) is 5.92 Å². The van der Waals surface area contributed by atoms with E-state index in [1.54, 1.807) is 0 Å². The van der Waals surface area contributed by atoms with Gasteiger partial charge in [0.25, 0.3) is 0 Å². The van der Waals surface area contributed by atoms with E-state index >= 15 is 0 Å². The van der Waals surface area contributed by atoms with Gasteiger partial charge in [0.1, 0.15) is 0 Å². The SMILES string of the molecule is CCOCCCC(=O)N1CCCN(CC(C)CN)CC1. The van der Waals surface area contributed by atoms with Gasteiger partial charge in [0.05, 0.1) is 0 Å². The summed E-state index contributed by atoms with van der Waals surface area (Å²) in [4.78, 5) is 16.6. The smallest absolute Gasteiger partial charge is 0.222 e. The zero-order valence-corrected chi connectivity index (χ0v) is 13.1. The molecule has 1 rings (SSSR count). The van der Waals surface area contributed by atoms with Crippen molar-refractivity contribution in [3.8, 4) is 0 Å². The van der Waals surface area contributed by atoms with Gasteiger partial charge in [0, 0.05) is 45.8 Å². The topological polar surface area (TPSA) is 58.8 Å². The summed E-state index contributed by atoms with van der Waals surface area (Å²) in [5.41, 5.74) is 5.68. The number of hydrogen-bond donors (Lipinski definition) is 1. The number of rotatable bonds is 8. The maximum absolute atomic E-state index is 12.1. The van der Waals surface area contributed by atoms with Crippen LogP contribution in [-0.2, 0) is 9.53 Å². The number of nitrogens with zero attached hydrogens (tertiary/aromatic N) is 2. The van der Waals surface area contributed by atoms with Gasteiger partial charge in [-0.15, -0.1) is 0 Å². The van der Waals surface area contributed by atoms with E-state index in [2.05, 4.69) is 11.8 Å². The molecule has 0 aromatic carbocycles. The highest BCUT2D eigenvalue weighted by atomic mass is 16.5. The van der Waals surface area contributed by atoms with Gasteiger partial charge in [-0.1, -0.05) is 6.92 Å². The lowest BCUT2D eigenvalue weighted by Crippen LogP contribution is -2.37. The molecule has 5 nitrogen and oxygen atoms in total. The third-order valence-electron chi connectivity index (χ3n) is 3.80. The minimum Gasteiger partial charge on any atom is -0.382 e. The van der Waals surface area contributed by atoms with Gasteiger partial charge < -0.3 is 20.3 Å². The lowest BCUT2D eigenvalue weighted by Gasteiger charge is -2.24. The predicted octanol–water partition coefficient (Wildman–Crippen LogP) is 0.932. The highest BCUT2D eigenvalue weighted by Gasteiger charge is 2.19. The number of hydrogen-bond acceptors (Lipinski definition) is 4. The molecule has 1 heterocycles. The molecule has 1 amide bonds. The quantitative estimate of drug-likeness (QED) is 0.674. The zero-order valence-electron chi connectivity index (χ0n) is 13.1. The van der Waals surface area contributed by atoms with Crippen molar-refractivity contribution < 1.29 is 9.53 Å². The first-order valence-electron chi connectivity index (χ1n) is 7.95. The van der Waals surface area contributed by atoms with Crippen molar-refractivity contribution in [3.05, 3.63) is 0 Å². The average molecular weight is 285 g/mol. The van der Waals surface area contributed by atoms with Crippen LogP contribution in [0.4, 0.5) is 0 Å². The molecule has 0 saturated carbocycles. The predicted molar refractivity (Wildman–Crippen MR) is 81.6 cm³/mol. The molecule has 0 aromatic heterocycles. The van der Waals surface area contributed by atoms with E-state index in [1.165, 1.54) is 0 Å². The standard InChI is InChI=1S/C15H31N3O2/c1-3-20-11-4-6-15(19)18-8-5-7-17(9-10-18)13-14(2)12-16/h14H,3-13,16H2,1-2H3. The maximum Gasteiger partial charge on any atom is 0.222 e. The molecule has 1 aliphatic rings. The summed E-state index contributed by atoms with van der Waals surface area (Å²) in [6.45, 7) is 11.2. The van der Waals surface area contributed by atoms with E-state index in [0.29, 0.717) is 18.9 Å². The molecule has 5 heteroatoms. The van der Waals surface area contributed by atoms with Crippen LogP contribution in [0.25, 0.3) is 0 Å². The molecule has 1 atom stereocenters. The Hall–Kier alpha value is -0.650. The Balaban J connectivity index is 2.26. The molecule has 0 bridgehead atoms. The molecule has 1 aliphatic heterocycles. The Labute approximate surface area is 123 Å². The van der Waals surface area contributed by atoms with Gasteiger partial charge >= 0.3 is 0 Å². The summed E-state index contributed by atoms with van der Waals surface area (Å²) in [6, 6.07) is 0. The number of ether oxygens (including phenoxy) is 1. The molecule has 0 aliphatic carbocycles. The van der Waals surface area contributed by atoms with Crippen molar-refractivity contribution in [2.45, 2.75) is 33.1 Å². The highest BCUT2D eigenvalue weighted by Crippen LogP contribution is 2.08. The fourth-order valence-electron chi connectivity index (χ4n) is 2.55. The van der Waals surface area contributed by atoms with Crippen LogP contribution in [0.2, 0.25) is 0 Å². The van der Waals surface area contributed by atoms with Crippen LogP contribution in [0.1, 0.15) is 33.1 Å². The molecule has 20 heavy (non-hydrogen) atoms. The normalized spacial score (nSPS) is 18.9. The number of nitrogens with two attached hydrogens (primary N) is 1. The molecule has 1 fully saturated rings. The second kappa shape index (κ2) is 10.1. The summed E-state index contributed by atoms with van der Waals surface area (Å²) in [5, 5.41) is 0. The van der Waals surface area contributed by atoms with Crippen molar-refractivity contribution >= 4 is 5.91 Å². The summed E-state index contributed by atoms with van der Waals surface area (Å²) in [7, 11) is 0. The molecular formula is C15H31N3O2. The minimum atomic E-state index is 0.276. The third-order valence-corrected chi connectivity index (χ3v) is 3.80. The fourth-order valence-corrected chi connectivity index (χ4v) is 2.55. The Bertz CT molecular complexity index is 274. The molecule has 118 valence electrons. The highest BCUT2D eigenvalue weighted by molar-refractivity contribution is 5.76. The number of carbonyl (C=O) groups excluding carboxylic acids is 1. The van der Waals surface area contributed by atoms with Gasteiger partial charge in [-0.3, -0.25) is 4.79 Å². The fraction of sp³-hybridized carbons (Fsp3) is 0.933. The van der Waals surface area contributed by atoms with Crippen LogP contribution >= 0.6 is 0 Å². The van der Waals surface area contributed by atoms with Crippen LogP contribution in [0.3, 0.4) is 0 Å². The minimum absolute atomic E-state index is 0.276. The summed E-state index contributed by atoms with van der Waals surface area (Å²) in [5.74, 6) is 0.807. The van der Waals surface area contributed by atoms with Gasteiger partial charge in [-0.25, -0.2) is 0 Å². The third kappa shape index (κ3) is 6.68. The van der Waals surface area contributed by atoms with Crippen molar-refractivity contribution in [3.63, 3.8) is 0 Å². The Morgan fingerprint density at radius 3 is 2.80 bits per heavy atom. The number of amides is 1. The van der Waals surface area contributed by atoms with E-state index in [-0.39, 0.29) is 5.91 Å². The van der Waals surface area contributed by atoms with E-state index < -0.39 is 0 Å². The first-order valence-corrected chi connectivity index (χ1v) is 7.95. The summed E-state index contributed by atoms with van der Waals surface area (Å²) in [6.07, 6.45) is 2.50. The monoisotopic (exact) mass is 285 g/mol. The molecule has 2 N–H and O–H groups in total. The molecular weight excluding hydrogens is 254 g/mol. The second-order valence-corrected chi connectivity index (χ2v) is 5.68. The Morgan fingerprint density at radius 1 is 1.30 bits per heavy atom. The summed E-state index contributed by atoms with van der Waals surface area (Å²) >= 11 is 0. The largest absolute Gasteiger partial charge is 0.382 e. The van der Waals surface area contributed by atoms with E-state index in [4.69, 9.17) is 10.5 Å². The van der Waals surface area contributed by atoms with Gasteiger partial charge in [-0.2, -0.15) is 0 Å². The van der Waals surface area contributed by atoms with Crippen LogP contribution in [0.5, 0.6) is 0 Å². The molecule has 1 unspecified atom stereocenters. The van der Waals surface area contributed by atoms with Crippen LogP contribution < -0.4 is 5.73 Å².